The summed E-state index contributed by atoms with van der Waals surface area (Å²) >= 11 is 0. The summed E-state index contributed by atoms with van der Waals surface area (Å²) in [5.74, 6) is 0.342. The molecule has 4 heteroatoms. The Kier molecular flexibility index (Phi) is 3.89. The molecule has 0 bridgehead atoms. The second kappa shape index (κ2) is 4.97. The average Bonchev–Trinajstić information content (AvgIpc) is 2.15. The summed E-state index contributed by atoms with van der Waals surface area (Å²) in [6.45, 7) is 3.28. The van der Waals surface area contributed by atoms with Gasteiger partial charge < -0.3 is 4.74 Å². The monoisotopic (exact) mass is 185 g/mol. The SMILES string of the molecule is CC/C(=C\C1CCOCC1)[N+](=O)[O-]. The molecule has 0 aromatic heterocycles. The van der Waals surface area contributed by atoms with E-state index in [0.717, 1.165) is 26.1 Å². The van der Waals surface area contributed by atoms with Crippen LogP contribution in [-0.4, -0.2) is 18.1 Å². The molecule has 74 valence electrons. The van der Waals surface area contributed by atoms with Gasteiger partial charge in [0.2, 0.25) is 5.70 Å². The number of nitro groups is 1. The molecule has 0 aromatic carbocycles. The molecule has 0 saturated carbocycles. The standard InChI is InChI=1S/C9H15NO3/c1-2-9(10(11)12)7-8-3-5-13-6-4-8/h7-8H,2-6H2,1H3/b9-7+. The van der Waals surface area contributed by atoms with Crippen molar-refractivity contribution in [1.29, 1.82) is 0 Å². The summed E-state index contributed by atoms with van der Waals surface area (Å²) in [5.41, 5.74) is 0.340. The van der Waals surface area contributed by atoms with E-state index in [-0.39, 0.29) is 4.92 Å². The van der Waals surface area contributed by atoms with Gasteiger partial charge in [0.1, 0.15) is 0 Å². The largest absolute Gasteiger partial charge is 0.381 e. The maximum atomic E-state index is 10.5. The van der Waals surface area contributed by atoms with Gasteiger partial charge in [-0.1, -0.05) is 6.92 Å². The second-order valence-electron chi connectivity index (χ2n) is 3.22. The molecule has 1 heterocycles. The van der Waals surface area contributed by atoms with Crippen LogP contribution in [0.15, 0.2) is 11.8 Å². The number of hydrogen-bond donors (Lipinski definition) is 0. The molecule has 0 unspecified atom stereocenters. The van der Waals surface area contributed by atoms with Crippen molar-refractivity contribution in [3.8, 4) is 0 Å². The van der Waals surface area contributed by atoms with Crippen LogP contribution in [0.2, 0.25) is 0 Å². The van der Waals surface area contributed by atoms with Crippen LogP contribution in [0.3, 0.4) is 0 Å². The summed E-state index contributed by atoms with van der Waals surface area (Å²) < 4.78 is 5.18. The van der Waals surface area contributed by atoms with Crippen molar-refractivity contribution in [3.05, 3.63) is 21.9 Å². The van der Waals surface area contributed by atoms with Gasteiger partial charge in [-0.3, -0.25) is 10.1 Å². The van der Waals surface area contributed by atoms with Crippen LogP contribution < -0.4 is 0 Å². The molecule has 0 atom stereocenters. The molecule has 0 N–H and O–H groups in total. The van der Waals surface area contributed by atoms with Crippen molar-refractivity contribution in [2.24, 2.45) is 5.92 Å². The first-order valence-electron chi connectivity index (χ1n) is 4.67. The highest BCUT2D eigenvalue weighted by atomic mass is 16.6. The fourth-order valence-electron chi connectivity index (χ4n) is 1.46. The van der Waals surface area contributed by atoms with E-state index in [2.05, 4.69) is 0 Å². The van der Waals surface area contributed by atoms with Gasteiger partial charge in [0.15, 0.2) is 0 Å². The maximum Gasteiger partial charge on any atom is 0.242 e. The normalized spacial score (nSPS) is 20.2. The van der Waals surface area contributed by atoms with Crippen LogP contribution in [0.25, 0.3) is 0 Å². The summed E-state index contributed by atoms with van der Waals surface area (Å²) in [5, 5.41) is 10.5. The van der Waals surface area contributed by atoms with Crippen LogP contribution >= 0.6 is 0 Å². The fraction of sp³-hybridized carbons (Fsp3) is 0.778. The fourth-order valence-corrected chi connectivity index (χ4v) is 1.46. The minimum Gasteiger partial charge on any atom is -0.381 e. The van der Waals surface area contributed by atoms with Crippen LogP contribution in [0, 0.1) is 16.0 Å². The first-order chi connectivity index (χ1) is 6.24. The lowest BCUT2D eigenvalue weighted by molar-refractivity contribution is -0.428. The third-order valence-corrected chi connectivity index (χ3v) is 2.29. The summed E-state index contributed by atoms with van der Waals surface area (Å²) in [4.78, 5) is 10.2. The molecule has 0 radical (unpaired) electrons. The maximum absolute atomic E-state index is 10.5. The average molecular weight is 185 g/mol. The number of nitrogens with zero attached hydrogens (tertiary/aromatic N) is 1. The Labute approximate surface area is 77.7 Å². The van der Waals surface area contributed by atoms with E-state index < -0.39 is 0 Å². The molecule has 1 rings (SSSR count). The number of hydrogen-bond acceptors (Lipinski definition) is 3. The van der Waals surface area contributed by atoms with Gasteiger partial charge in [0, 0.05) is 19.6 Å². The van der Waals surface area contributed by atoms with E-state index >= 15 is 0 Å². The summed E-state index contributed by atoms with van der Waals surface area (Å²) in [7, 11) is 0. The van der Waals surface area contributed by atoms with Gasteiger partial charge in [-0.15, -0.1) is 0 Å². The predicted molar refractivity (Wildman–Crippen MR) is 48.9 cm³/mol. The van der Waals surface area contributed by atoms with E-state index in [4.69, 9.17) is 4.74 Å². The van der Waals surface area contributed by atoms with Crippen molar-refractivity contribution in [1.82, 2.24) is 0 Å². The van der Waals surface area contributed by atoms with E-state index in [0.29, 0.717) is 18.0 Å². The lowest BCUT2D eigenvalue weighted by Gasteiger charge is -2.18. The highest BCUT2D eigenvalue weighted by Gasteiger charge is 2.16. The lowest BCUT2D eigenvalue weighted by Crippen LogP contribution is -2.15. The second-order valence-corrected chi connectivity index (χ2v) is 3.22. The van der Waals surface area contributed by atoms with Gasteiger partial charge >= 0.3 is 0 Å². The molecular formula is C9H15NO3. The Bertz CT molecular complexity index is 207. The van der Waals surface area contributed by atoms with Gasteiger partial charge in [0.25, 0.3) is 0 Å². The number of rotatable bonds is 3. The van der Waals surface area contributed by atoms with Gasteiger partial charge in [-0.25, -0.2) is 0 Å². The highest BCUT2D eigenvalue weighted by molar-refractivity contribution is 4.95. The molecule has 1 aliphatic heterocycles. The smallest absolute Gasteiger partial charge is 0.242 e. The number of ether oxygens (including phenoxy) is 1. The quantitative estimate of drug-likeness (QED) is 0.499. The van der Waals surface area contributed by atoms with Gasteiger partial charge in [0.05, 0.1) is 4.92 Å². The Morgan fingerprint density at radius 2 is 2.23 bits per heavy atom. The molecule has 0 aromatic rings. The van der Waals surface area contributed by atoms with Crippen molar-refractivity contribution in [2.75, 3.05) is 13.2 Å². The van der Waals surface area contributed by atoms with Crippen molar-refractivity contribution >= 4 is 0 Å². The molecule has 0 aliphatic carbocycles. The topological polar surface area (TPSA) is 52.4 Å². The van der Waals surface area contributed by atoms with Crippen LogP contribution in [0.5, 0.6) is 0 Å². The predicted octanol–water partition coefficient (Wildman–Crippen LogP) is 1.98. The molecule has 0 spiro atoms. The molecule has 13 heavy (non-hydrogen) atoms. The van der Waals surface area contributed by atoms with E-state index in [9.17, 15) is 10.1 Å². The van der Waals surface area contributed by atoms with E-state index in [1.807, 2.05) is 6.92 Å². The minimum atomic E-state index is -0.282. The Balaban J connectivity index is 2.54. The first kappa shape index (κ1) is 10.2. The third kappa shape index (κ3) is 3.14. The van der Waals surface area contributed by atoms with Crippen LogP contribution in [0.1, 0.15) is 26.2 Å². The molecular weight excluding hydrogens is 170 g/mol. The van der Waals surface area contributed by atoms with Crippen molar-refractivity contribution in [2.45, 2.75) is 26.2 Å². The molecule has 0 amide bonds. The first-order valence-corrected chi connectivity index (χ1v) is 4.67. The van der Waals surface area contributed by atoms with Gasteiger partial charge in [-0.05, 0) is 24.8 Å². The van der Waals surface area contributed by atoms with Crippen LogP contribution in [-0.2, 0) is 4.74 Å². The molecule has 1 aliphatic rings. The summed E-state index contributed by atoms with van der Waals surface area (Å²) in [6.07, 6.45) is 4.13. The summed E-state index contributed by atoms with van der Waals surface area (Å²) in [6, 6.07) is 0. The Hall–Kier alpha value is -0.900. The van der Waals surface area contributed by atoms with Crippen molar-refractivity contribution < 1.29 is 9.66 Å². The van der Waals surface area contributed by atoms with E-state index in [1.54, 1.807) is 6.08 Å². The Morgan fingerprint density at radius 3 is 2.69 bits per heavy atom. The zero-order valence-corrected chi connectivity index (χ0v) is 7.86. The molecule has 1 fully saturated rings. The Morgan fingerprint density at radius 1 is 1.62 bits per heavy atom. The lowest BCUT2D eigenvalue weighted by atomic mass is 9.99. The zero-order valence-electron chi connectivity index (χ0n) is 7.86. The highest BCUT2D eigenvalue weighted by Crippen LogP contribution is 2.18. The van der Waals surface area contributed by atoms with Crippen molar-refractivity contribution in [3.63, 3.8) is 0 Å². The minimum absolute atomic E-state index is 0.282. The van der Waals surface area contributed by atoms with E-state index in [1.165, 1.54) is 0 Å². The molecule has 1 saturated heterocycles. The van der Waals surface area contributed by atoms with Gasteiger partial charge in [-0.2, -0.15) is 0 Å². The number of allylic oxidation sites excluding steroid dienone is 2. The molecule has 4 nitrogen and oxygen atoms in total. The van der Waals surface area contributed by atoms with Crippen LogP contribution in [0.4, 0.5) is 0 Å². The zero-order chi connectivity index (χ0) is 9.68. The third-order valence-electron chi connectivity index (χ3n) is 2.29.